The number of aliphatic imine (C=N–C) groups is 1. The molecule has 0 saturated carbocycles. The predicted molar refractivity (Wildman–Crippen MR) is 133 cm³/mol. The minimum atomic E-state index is -0.350. The Bertz CT molecular complexity index is 855. The van der Waals surface area contributed by atoms with Crippen LogP contribution in [-0.2, 0) is 16.0 Å². The number of likely N-dealkylation sites (tertiary alicyclic amines) is 1. The Hall–Kier alpha value is -1.98. The summed E-state index contributed by atoms with van der Waals surface area (Å²) in [6.07, 6.45) is 2.72. The van der Waals surface area contributed by atoms with Crippen molar-refractivity contribution in [3.8, 4) is 11.6 Å². The van der Waals surface area contributed by atoms with E-state index < -0.39 is 0 Å². The number of nitrogens with zero attached hydrogens (tertiary/aromatic N) is 3. The van der Waals surface area contributed by atoms with Crippen molar-refractivity contribution < 1.29 is 18.6 Å². The Balaban J connectivity index is 0.00000363. The highest BCUT2D eigenvalue weighted by molar-refractivity contribution is 14.0. The molecule has 32 heavy (non-hydrogen) atoms. The predicted octanol–water partition coefficient (Wildman–Crippen LogP) is 4.08. The highest BCUT2D eigenvalue weighted by Crippen LogP contribution is 2.24. The van der Waals surface area contributed by atoms with Crippen molar-refractivity contribution in [2.45, 2.75) is 19.9 Å². The summed E-state index contributed by atoms with van der Waals surface area (Å²) >= 11 is 0. The summed E-state index contributed by atoms with van der Waals surface area (Å²) < 4.78 is 30.0. The molecule has 1 aliphatic rings. The molecule has 9 heteroatoms. The maximum Gasteiger partial charge on any atom is 0.224 e. The number of guanidine groups is 1. The van der Waals surface area contributed by atoms with Crippen molar-refractivity contribution in [3.05, 3.63) is 54.0 Å². The first-order chi connectivity index (χ1) is 15.2. The van der Waals surface area contributed by atoms with Crippen molar-refractivity contribution in [1.29, 1.82) is 0 Å². The molecule has 1 aromatic heterocycles. The smallest absolute Gasteiger partial charge is 0.224 e. The Morgan fingerprint density at radius 3 is 2.94 bits per heavy atom. The van der Waals surface area contributed by atoms with E-state index in [1.54, 1.807) is 25.4 Å². The van der Waals surface area contributed by atoms with E-state index in [4.69, 9.17) is 19.2 Å². The normalized spacial score (nSPS) is 16.0. The topological polar surface area (TPSA) is 68.2 Å². The lowest BCUT2D eigenvalue weighted by molar-refractivity contribution is 0.0536. The van der Waals surface area contributed by atoms with E-state index in [9.17, 15) is 4.39 Å². The van der Waals surface area contributed by atoms with Gasteiger partial charge in [0, 0.05) is 50.5 Å². The maximum atomic E-state index is 13.5. The third kappa shape index (κ3) is 8.18. The minimum absolute atomic E-state index is 0. The van der Waals surface area contributed by atoms with E-state index in [-0.39, 0.29) is 29.8 Å². The molecule has 0 radical (unpaired) electrons. The summed E-state index contributed by atoms with van der Waals surface area (Å²) in [5.74, 6) is 1.83. The molecule has 1 atom stereocenters. The number of benzene rings is 1. The van der Waals surface area contributed by atoms with Gasteiger partial charge in [0.05, 0.1) is 26.4 Å². The van der Waals surface area contributed by atoms with Gasteiger partial charge in [-0.2, -0.15) is 0 Å². The quantitative estimate of drug-likeness (QED) is 0.205. The maximum absolute atomic E-state index is 13.5. The van der Waals surface area contributed by atoms with E-state index in [1.807, 2.05) is 12.1 Å². The molecule has 0 bridgehead atoms. The molecule has 1 unspecified atom stereocenters. The van der Waals surface area contributed by atoms with Gasteiger partial charge in [-0.15, -0.1) is 24.0 Å². The SMILES string of the molecule is CCNC(=NCc1cccnc1Oc1cccc(F)c1)N1CCC(COCCOC)C1.I. The molecule has 0 spiro atoms. The third-order valence-electron chi connectivity index (χ3n) is 4.97. The fraction of sp³-hybridized carbons (Fsp3) is 0.478. The number of rotatable bonds is 10. The van der Waals surface area contributed by atoms with E-state index in [2.05, 4.69) is 22.1 Å². The molecular weight excluding hydrogens is 526 g/mol. The number of hydrogen-bond acceptors (Lipinski definition) is 5. The van der Waals surface area contributed by atoms with Gasteiger partial charge in [-0.25, -0.2) is 14.4 Å². The molecule has 0 aliphatic carbocycles. The lowest BCUT2D eigenvalue weighted by Gasteiger charge is -2.22. The summed E-state index contributed by atoms with van der Waals surface area (Å²) in [5.41, 5.74) is 0.834. The van der Waals surface area contributed by atoms with Gasteiger partial charge in [0.15, 0.2) is 5.96 Å². The summed E-state index contributed by atoms with van der Waals surface area (Å²) in [5, 5.41) is 3.37. The molecule has 7 nitrogen and oxygen atoms in total. The van der Waals surface area contributed by atoms with Crippen molar-refractivity contribution >= 4 is 29.9 Å². The van der Waals surface area contributed by atoms with Crippen molar-refractivity contribution in [3.63, 3.8) is 0 Å². The fourth-order valence-corrected chi connectivity index (χ4v) is 3.42. The lowest BCUT2D eigenvalue weighted by Crippen LogP contribution is -2.40. The standard InChI is InChI=1S/C23H31FN4O3.HI/c1-3-25-23(28-11-9-18(16-28)17-30-13-12-29-2)27-15-19-6-5-10-26-22(19)31-21-8-4-7-20(24)14-21;/h4-8,10,14,18H,3,9,11-13,15-17H2,1-2H3,(H,25,27);1H. The third-order valence-corrected chi connectivity index (χ3v) is 4.97. The number of hydrogen-bond donors (Lipinski definition) is 1. The number of ether oxygens (including phenoxy) is 3. The van der Waals surface area contributed by atoms with Gasteiger partial charge in [-0.1, -0.05) is 12.1 Å². The van der Waals surface area contributed by atoms with Crippen molar-refractivity contribution in [1.82, 2.24) is 15.2 Å². The van der Waals surface area contributed by atoms with Crippen molar-refractivity contribution in [2.75, 3.05) is 46.6 Å². The molecule has 2 aromatic rings. The summed E-state index contributed by atoms with van der Waals surface area (Å²) in [4.78, 5) is 11.4. The van der Waals surface area contributed by atoms with Crippen LogP contribution in [0.5, 0.6) is 11.6 Å². The molecule has 2 heterocycles. The molecule has 3 rings (SSSR count). The fourth-order valence-electron chi connectivity index (χ4n) is 3.42. The van der Waals surface area contributed by atoms with Crippen LogP contribution in [0, 0.1) is 11.7 Å². The van der Waals surface area contributed by atoms with Crippen LogP contribution in [0.25, 0.3) is 0 Å². The lowest BCUT2D eigenvalue weighted by atomic mass is 10.1. The van der Waals surface area contributed by atoms with Crippen LogP contribution in [0.1, 0.15) is 18.9 Å². The van der Waals surface area contributed by atoms with Crippen LogP contribution in [-0.4, -0.2) is 62.4 Å². The van der Waals surface area contributed by atoms with Gasteiger partial charge in [0.1, 0.15) is 11.6 Å². The number of aromatic nitrogens is 1. The van der Waals surface area contributed by atoms with Crippen LogP contribution < -0.4 is 10.1 Å². The molecule has 1 N–H and O–H groups in total. The first-order valence-corrected chi connectivity index (χ1v) is 10.7. The molecule has 1 aliphatic heterocycles. The summed E-state index contributed by atoms with van der Waals surface area (Å²) in [6, 6.07) is 9.80. The summed E-state index contributed by atoms with van der Waals surface area (Å²) in [7, 11) is 1.68. The van der Waals surface area contributed by atoms with Crippen LogP contribution in [0.2, 0.25) is 0 Å². The molecule has 176 valence electrons. The Kier molecular flexibility index (Phi) is 11.7. The van der Waals surface area contributed by atoms with Crippen LogP contribution in [0.3, 0.4) is 0 Å². The molecule has 1 fully saturated rings. The zero-order valence-electron chi connectivity index (χ0n) is 18.6. The van der Waals surface area contributed by atoms with E-state index >= 15 is 0 Å². The number of nitrogens with one attached hydrogen (secondary N) is 1. The van der Waals surface area contributed by atoms with Gasteiger partial charge >= 0.3 is 0 Å². The van der Waals surface area contributed by atoms with E-state index in [0.29, 0.717) is 37.3 Å². The molecule has 1 aromatic carbocycles. The van der Waals surface area contributed by atoms with Crippen molar-refractivity contribution in [2.24, 2.45) is 10.9 Å². The Morgan fingerprint density at radius 2 is 2.16 bits per heavy atom. The average molecular weight is 558 g/mol. The second kappa shape index (κ2) is 14.2. The van der Waals surface area contributed by atoms with E-state index in [0.717, 1.165) is 44.2 Å². The first-order valence-electron chi connectivity index (χ1n) is 10.7. The number of methoxy groups -OCH3 is 1. The average Bonchev–Trinajstić information content (AvgIpc) is 3.24. The zero-order valence-corrected chi connectivity index (χ0v) is 21.0. The first kappa shape index (κ1) is 26.3. The molecule has 0 amide bonds. The largest absolute Gasteiger partial charge is 0.439 e. The molecule has 1 saturated heterocycles. The van der Waals surface area contributed by atoms with Crippen LogP contribution in [0.4, 0.5) is 4.39 Å². The minimum Gasteiger partial charge on any atom is -0.439 e. The van der Waals surface area contributed by atoms with Gasteiger partial charge in [0.2, 0.25) is 5.88 Å². The second-order valence-corrected chi connectivity index (χ2v) is 7.37. The zero-order chi connectivity index (χ0) is 21.9. The summed E-state index contributed by atoms with van der Waals surface area (Å²) in [6.45, 7) is 7.05. The van der Waals surface area contributed by atoms with E-state index in [1.165, 1.54) is 12.1 Å². The highest BCUT2D eigenvalue weighted by atomic mass is 127. The van der Waals surface area contributed by atoms with Crippen LogP contribution in [0.15, 0.2) is 47.6 Å². The Morgan fingerprint density at radius 1 is 1.28 bits per heavy atom. The number of halogens is 2. The number of pyridine rings is 1. The second-order valence-electron chi connectivity index (χ2n) is 7.37. The van der Waals surface area contributed by atoms with Crippen LogP contribution >= 0.6 is 24.0 Å². The Labute approximate surface area is 206 Å². The van der Waals surface area contributed by atoms with Gasteiger partial charge in [-0.05, 0) is 31.5 Å². The van der Waals surface area contributed by atoms with Gasteiger partial charge < -0.3 is 24.4 Å². The monoisotopic (exact) mass is 558 g/mol. The van der Waals surface area contributed by atoms with Gasteiger partial charge in [0.25, 0.3) is 0 Å². The molecular formula is C23H32FIN4O3. The highest BCUT2D eigenvalue weighted by Gasteiger charge is 2.25. The van der Waals surface area contributed by atoms with Gasteiger partial charge in [-0.3, -0.25) is 0 Å².